The number of nitrogens with zero attached hydrogens (tertiary/aromatic N) is 3. The molecule has 0 unspecified atom stereocenters. The van der Waals surface area contributed by atoms with Gasteiger partial charge in [0, 0.05) is 31.9 Å². The van der Waals surface area contributed by atoms with E-state index < -0.39 is 0 Å². The number of benzene rings is 2. The van der Waals surface area contributed by atoms with E-state index in [-0.39, 0.29) is 11.8 Å². The van der Waals surface area contributed by atoms with Gasteiger partial charge in [-0.2, -0.15) is 5.10 Å². The number of carbonyl (C=O) groups is 1. The zero-order chi connectivity index (χ0) is 18.4. The predicted octanol–water partition coefficient (Wildman–Crippen LogP) is 2.27. The lowest BCUT2D eigenvalue weighted by Gasteiger charge is -2.35. The summed E-state index contributed by atoms with van der Waals surface area (Å²) in [6.45, 7) is 2.86. The Morgan fingerprint density at radius 2 is 1.88 bits per heavy atom. The predicted molar refractivity (Wildman–Crippen MR) is 101 cm³/mol. The molecule has 2 N–H and O–H groups in total. The van der Waals surface area contributed by atoms with Gasteiger partial charge in [-0.15, -0.1) is 0 Å². The number of aromatic hydroxyl groups is 1. The quantitative estimate of drug-likeness (QED) is 0.652. The molecule has 2 aromatic carbocycles. The number of methoxy groups -OCH3 is 1. The van der Waals surface area contributed by atoms with Gasteiger partial charge in [0.15, 0.2) is 11.5 Å². The fourth-order valence-corrected chi connectivity index (χ4v) is 2.81. The second kappa shape index (κ2) is 8.24. The van der Waals surface area contributed by atoms with Crippen LogP contribution >= 0.6 is 0 Å². The molecule has 7 heteroatoms. The van der Waals surface area contributed by atoms with Crippen molar-refractivity contribution in [3.05, 3.63) is 54.1 Å². The van der Waals surface area contributed by atoms with Crippen molar-refractivity contribution in [1.82, 2.24) is 10.3 Å². The lowest BCUT2D eigenvalue weighted by atomic mass is 10.2. The average Bonchev–Trinajstić information content (AvgIpc) is 2.70. The van der Waals surface area contributed by atoms with Crippen molar-refractivity contribution in [2.24, 2.45) is 5.10 Å². The van der Waals surface area contributed by atoms with Crippen LogP contribution < -0.4 is 15.1 Å². The molecule has 1 aliphatic heterocycles. The van der Waals surface area contributed by atoms with Gasteiger partial charge in [0.2, 0.25) is 0 Å². The number of para-hydroxylation sites is 1. The van der Waals surface area contributed by atoms with E-state index in [2.05, 4.69) is 27.6 Å². The van der Waals surface area contributed by atoms with Crippen LogP contribution in [-0.4, -0.2) is 55.5 Å². The highest BCUT2D eigenvalue weighted by Crippen LogP contribution is 2.25. The van der Waals surface area contributed by atoms with Gasteiger partial charge in [-0.1, -0.05) is 18.2 Å². The molecule has 0 aliphatic carbocycles. The molecule has 0 atom stereocenters. The first-order valence-electron chi connectivity index (χ1n) is 8.42. The van der Waals surface area contributed by atoms with E-state index in [4.69, 9.17) is 4.74 Å². The van der Waals surface area contributed by atoms with Crippen LogP contribution in [0.2, 0.25) is 0 Å². The summed E-state index contributed by atoms with van der Waals surface area (Å²) in [5.41, 5.74) is 4.43. The number of ether oxygens (including phenoxy) is 1. The van der Waals surface area contributed by atoms with Crippen LogP contribution in [0.1, 0.15) is 5.56 Å². The standard InChI is InChI=1S/C19H22N4O3/c1-26-18-13-15(7-8-17(18)24)14-20-21-19(25)23-11-9-22(10-12-23)16-5-3-2-4-6-16/h2-8,13-14,24H,9-12H2,1H3,(H,21,25). The number of carbonyl (C=O) groups excluding carboxylic acids is 1. The van der Waals surface area contributed by atoms with Crippen molar-refractivity contribution < 1.29 is 14.6 Å². The Morgan fingerprint density at radius 1 is 1.15 bits per heavy atom. The molecule has 2 aromatic rings. The Kier molecular flexibility index (Phi) is 5.58. The Labute approximate surface area is 152 Å². The van der Waals surface area contributed by atoms with Gasteiger partial charge in [0.25, 0.3) is 0 Å². The van der Waals surface area contributed by atoms with Crippen molar-refractivity contribution in [2.75, 3.05) is 38.2 Å². The smallest absolute Gasteiger partial charge is 0.337 e. The molecule has 3 rings (SSSR count). The number of hydrogen-bond acceptors (Lipinski definition) is 5. The van der Waals surface area contributed by atoms with Crippen LogP contribution in [0.4, 0.5) is 10.5 Å². The van der Waals surface area contributed by atoms with Gasteiger partial charge in [0.05, 0.1) is 13.3 Å². The zero-order valence-corrected chi connectivity index (χ0v) is 14.6. The van der Waals surface area contributed by atoms with E-state index in [0.717, 1.165) is 13.1 Å². The minimum absolute atomic E-state index is 0.0602. The average molecular weight is 354 g/mol. The van der Waals surface area contributed by atoms with E-state index in [9.17, 15) is 9.90 Å². The fraction of sp³-hybridized carbons (Fsp3) is 0.263. The van der Waals surface area contributed by atoms with Crippen LogP contribution in [0.3, 0.4) is 0 Å². The monoisotopic (exact) mass is 354 g/mol. The van der Waals surface area contributed by atoms with E-state index in [1.807, 2.05) is 18.2 Å². The first-order chi connectivity index (χ1) is 12.7. The first kappa shape index (κ1) is 17.6. The highest BCUT2D eigenvalue weighted by molar-refractivity contribution is 5.83. The number of phenols is 1. The van der Waals surface area contributed by atoms with Crippen LogP contribution in [0.5, 0.6) is 11.5 Å². The highest BCUT2D eigenvalue weighted by Gasteiger charge is 2.20. The van der Waals surface area contributed by atoms with E-state index in [1.54, 1.807) is 17.0 Å². The Hall–Kier alpha value is -3.22. The number of urea groups is 1. The number of nitrogens with one attached hydrogen (secondary N) is 1. The number of anilines is 1. The fourth-order valence-electron chi connectivity index (χ4n) is 2.81. The summed E-state index contributed by atoms with van der Waals surface area (Å²) in [7, 11) is 1.48. The number of rotatable bonds is 4. The summed E-state index contributed by atoms with van der Waals surface area (Å²) in [5.74, 6) is 0.419. The largest absolute Gasteiger partial charge is 0.504 e. The van der Waals surface area contributed by atoms with Crippen LogP contribution in [0, 0.1) is 0 Å². The molecule has 1 heterocycles. The zero-order valence-electron chi connectivity index (χ0n) is 14.6. The van der Waals surface area contributed by atoms with Gasteiger partial charge in [-0.3, -0.25) is 0 Å². The maximum absolute atomic E-state index is 12.2. The van der Waals surface area contributed by atoms with Gasteiger partial charge in [-0.05, 0) is 35.9 Å². The minimum Gasteiger partial charge on any atom is -0.504 e. The molecule has 0 saturated carbocycles. The third-order valence-electron chi connectivity index (χ3n) is 4.27. The van der Waals surface area contributed by atoms with Crippen molar-refractivity contribution in [2.45, 2.75) is 0 Å². The minimum atomic E-state index is -0.222. The van der Waals surface area contributed by atoms with Gasteiger partial charge < -0.3 is 19.6 Å². The van der Waals surface area contributed by atoms with Gasteiger partial charge >= 0.3 is 6.03 Å². The maximum Gasteiger partial charge on any atom is 0.337 e. The first-order valence-corrected chi connectivity index (χ1v) is 8.42. The summed E-state index contributed by atoms with van der Waals surface area (Å²) in [4.78, 5) is 16.2. The van der Waals surface area contributed by atoms with Crippen LogP contribution in [0.15, 0.2) is 53.6 Å². The molecule has 1 aliphatic rings. The topological polar surface area (TPSA) is 77.4 Å². The lowest BCUT2D eigenvalue weighted by molar-refractivity contribution is 0.195. The summed E-state index contributed by atoms with van der Waals surface area (Å²) in [5, 5.41) is 13.6. The van der Waals surface area contributed by atoms with Gasteiger partial charge in [-0.25, -0.2) is 10.2 Å². The molecule has 2 amide bonds. The Morgan fingerprint density at radius 3 is 2.58 bits per heavy atom. The molecule has 136 valence electrons. The van der Waals surface area contributed by atoms with E-state index in [1.165, 1.54) is 25.1 Å². The lowest BCUT2D eigenvalue weighted by Crippen LogP contribution is -2.51. The summed E-state index contributed by atoms with van der Waals surface area (Å²) < 4.78 is 5.04. The molecule has 0 aromatic heterocycles. The van der Waals surface area contributed by atoms with Crippen LogP contribution in [0.25, 0.3) is 0 Å². The molecule has 7 nitrogen and oxygen atoms in total. The van der Waals surface area contributed by atoms with Crippen molar-refractivity contribution >= 4 is 17.9 Å². The number of phenolic OH excluding ortho intramolecular Hbond substituents is 1. The molecule has 1 saturated heterocycles. The normalized spacial score (nSPS) is 14.5. The molecule has 0 spiro atoms. The second-order valence-electron chi connectivity index (χ2n) is 5.92. The Balaban J connectivity index is 1.50. The van der Waals surface area contributed by atoms with E-state index in [0.29, 0.717) is 24.4 Å². The molecular weight excluding hydrogens is 332 g/mol. The summed E-state index contributed by atoms with van der Waals surface area (Å²) in [6, 6.07) is 14.8. The number of amides is 2. The van der Waals surface area contributed by atoms with E-state index >= 15 is 0 Å². The molecule has 26 heavy (non-hydrogen) atoms. The third-order valence-corrected chi connectivity index (χ3v) is 4.27. The maximum atomic E-state index is 12.2. The molecule has 1 fully saturated rings. The molecule has 0 radical (unpaired) electrons. The second-order valence-corrected chi connectivity index (χ2v) is 5.92. The summed E-state index contributed by atoms with van der Waals surface area (Å²) in [6.07, 6.45) is 1.51. The summed E-state index contributed by atoms with van der Waals surface area (Å²) >= 11 is 0. The van der Waals surface area contributed by atoms with Gasteiger partial charge in [0.1, 0.15) is 0 Å². The number of piperazine rings is 1. The van der Waals surface area contributed by atoms with Crippen molar-refractivity contribution in [1.29, 1.82) is 0 Å². The molecule has 0 bridgehead atoms. The van der Waals surface area contributed by atoms with Crippen molar-refractivity contribution in [3.8, 4) is 11.5 Å². The third kappa shape index (κ3) is 4.24. The Bertz CT molecular complexity index is 772. The SMILES string of the molecule is COc1cc(C=NNC(=O)N2CCN(c3ccccc3)CC2)ccc1O. The van der Waals surface area contributed by atoms with Crippen molar-refractivity contribution in [3.63, 3.8) is 0 Å². The highest BCUT2D eigenvalue weighted by atomic mass is 16.5. The number of hydrazone groups is 1. The van der Waals surface area contributed by atoms with Crippen LogP contribution in [-0.2, 0) is 0 Å². The number of hydrogen-bond donors (Lipinski definition) is 2. The molecular formula is C19H22N4O3.